The van der Waals surface area contributed by atoms with E-state index in [0.717, 1.165) is 0 Å². The maximum atomic E-state index is 13.8. The Hall–Kier alpha value is -1.62. The van der Waals surface area contributed by atoms with Crippen molar-refractivity contribution in [1.29, 1.82) is 0 Å². The molecule has 0 unspecified atom stereocenters. The zero-order valence-corrected chi connectivity index (χ0v) is 12.8. The molecule has 0 atom stereocenters. The van der Waals surface area contributed by atoms with E-state index >= 15 is 0 Å². The van der Waals surface area contributed by atoms with Gasteiger partial charge in [-0.1, -0.05) is 19.9 Å². The highest BCUT2D eigenvalue weighted by atomic mass is 32.1. The number of hydrogen-bond acceptors (Lipinski definition) is 3. The van der Waals surface area contributed by atoms with E-state index in [0.29, 0.717) is 34.0 Å². The van der Waals surface area contributed by atoms with Gasteiger partial charge in [-0.25, -0.2) is 4.39 Å². The summed E-state index contributed by atoms with van der Waals surface area (Å²) in [4.78, 5) is 14.7. The molecule has 0 spiro atoms. The molecule has 0 aliphatic heterocycles. The quantitative estimate of drug-likeness (QED) is 0.933. The highest BCUT2D eigenvalue weighted by Crippen LogP contribution is 2.36. The first-order valence-electron chi connectivity index (χ1n) is 6.71. The smallest absolute Gasteiger partial charge is 0.266 e. The van der Waals surface area contributed by atoms with Crippen LogP contribution >= 0.6 is 11.3 Å². The molecule has 1 amide bonds. The van der Waals surface area contributed by atoms with Gasteiger partial charge in [-0.2, -0.15) is 0 Å². The summed E-state index contributed by atoms with van der Waals surface area (Å²) in [5.41, 5.74) is 6.25. The average Bonchev–Trinajstić information content (AvgIpc) is 2.73. The van der Waals surface area contributed by atoms with Crippen LogP contribution in [0.1, 0.15) is 30.4 Å². The standard InChI is InChI=1S/C15H19FN2OS/c1-4-18(8-9(2)3)15(19)14-13(17)12-10(16)6-5-7-11(12)20-14/h5-7,9H,4,8,17H2,1-3H3. The fraction of sp³-hybridized carbons (Fsp3) is 0.400. The minimum atomic E-state index is -0.373. The Balaban J connectivity index is 2.44. The van der Waals surface area contributed by atoms with E-state index in [-0.39, 0.29) is 17.4 Å². The summed E-state index contributed by atoms with van der Waals surface area (Å²) in [5.74, 6) is -0.104. The van der Waals surface area contributed by atoms with E-state index in [1.54, 1.807) is 17.0 Å². The maximum absolute atomic E-state index is 13.8. The van der Waals surface area contributed by atoms with Crippen LogP contribution in [0.15, 0.2) is 18.2 Å². The van der Waals surface area contributed by atoms with Crippen molar-refractivity contribution in [3.05, 3.63) is 28.9 Å². The topological polar surface area (TPSA) is 46.3 Å². The molecule has 3 nitrogen and oxygen atoms in total. The Morgan fingerprint density at radius 3 is 2.70 bits per heavy atom. The lowest BCUT2D eigenvalue weighted by molar-refractivity contribution is 0.0751. The van der Waals surface area contributed by atoms with Gasteiger partial charge < -0.3 is 10.6 Å². The predicted octanol–water partition coefficient (Wildman–Crippen LogP) is 3.74. The Morgan fingerprint density at radius 2 is 2.15 bits per heavy atom. The number of hydrogen-bond donors (Lipinski definition) is 1. The summed E-state index contributed by atoms with van der Waals surface area (Å²) in [6.45, 7) is 7.34. The number of fused-ring (bicyclic) bond motifs is 1. The second-order valence-corrected chi connectivity index (χ2v) is 6.25. The van der Waals surface area contributed by atoms with Crippen molar-refractivity contribution in [1.82, 2.24) is 4.90 Å². The van der Waals surface area contributed by atoms with Crippen molar-refractivity contribution in [3.63, 3.8) is 0 Å². The highest BCUT2D eigenvalue weighted by molar-refractivity contribution is 7.21. The molecular formula is C15H19FN2OS. The second kappa shape index (κ2) is 5.79. The lowest BCUT2D eigenvalue weighted by Crippen LogP contribution is -2.33. The van der Waals surface area contributed by atoms with Crippen molar-refractivity contribution < 1.29 is 9.18 Å². The van der Waals surface area contributed by atoms with Gasteiger partial charge in [-0.3, -0.25) is 4.79 Å². The van der Waals surface area contributed by atoms with E-state index in [1.165, 1.54) is 17.4 Å². The summed E-state index contributed by atoms with van der Waals surface area (Å²) in [6.07, 6.45) is 0. The van der Waals surface area contributed by atoms with E-state index in [2.05, 4.69) is 13.8 Å². The van der Waals surface area contributed by atoms with Crippen LogP contribution in [-0.4, -0.2) is 23.9 Å². The number of benzene rings is 1. The first kappa shape index (κ1) is 14.8. The molecular weight excluding hydrogens is 275 g/mol. The Bertz CT molecular complexity index is 636. The molecule has 5 heteroatoms. The molecule has 2 rings (SSSR count). The SMILES string of the molecule is CCN(CC(C)C)C(=O)c1sc2cccc(F)c2c1N. The Kier molecular flexibility index (Phi) is 4.28. The number of nitrogens with zero attached hydrogens (tertiary/aromatic N) is 1. The largest absolute Gasteiger partial charge is 0.397 e. The van der Waals surface area contributed by atoms with Crippen molar-refractivity contribution in [3.8, 4) is 0 Å². The molecule has 0 bridgehead atoms. The third-order valence-electron chi connectivity index (χ3n) is 3.15. The molecule has 20 heavy (non-hydrogen) atoms. The number of nitrogen functional groups attached to an aromatic ring is 1. The first-order valence-corrected chi connectivity index (χ1v) is 7.53. The monoisotopic (exact) mass is 294 g/mol. The van der Waals surface area contributed by atoms with Crippen molar-refractivity contribution >= 4 is 33.0 Å². The lowest BCUT2D eigenvalue weighted by Gasteiger charge is -2.22. The van der Waals surface area contributed by atoms with Crippen LogP contribution in [0.25, 0.3) is 10.1 Å². The number of halogens is 1. The van der Waals surface area contributed by atoms with Crippen LogP contribution < -0.4 is 5.73 Å². The predicted molar refractivity (Wildman–Crippen MR) is 82.6 cm³/mol. The number of anilines is 1. The van der Waals surface area contributed by atoms with Crippen LogP contribution in [0, 0.1) is 11.7 Å². The zero-order chi connectivity index (χ0) is 14.9. The minimum absolute atomic E-state index is 0.112. The Labute approximate surface area is 122 Å². The summed E-state index contributed by atoms with van der Waals surface area (Å²) in [7, 11) is 0. The van der Waals surface area contributed by atoms with E-state index in [1.807, 2.05) is 6.92 Å². The lowest BCUT2D eigenvalue weighted by atomic mass is 10.2. The molecule has 0 radical (unpaired) electrons. The number of thiophene rings is 1. The van der Waals surface area contributed by atoms with Gasteiger partial charge in [-0.05, 0) is 25.0 Å². The molecule has 0 fully saturated rings. The normalized spacial score (nSPS) is 11.2. The number of amides is 1. The minimum Gasteiger partial charge on any atom is -0.397 e. The fourth-order valence-corrected chi connectivity index (χ4v) is 3.33. The van der Waals surface area contributed by atoms with E-state index in [9.17, 15) is 9.18 Å². The molecule has 0 saturated heterocycles. The van der Waals surface area contributed by atoms with E-state index < -0.39 is 0 Å². The van der Waals surface area contributed by atoms with Gasteiger partial charge in [0.1, 0.15) is 10.7 Å². The third-order valence-corrected chi connectivity index (χ3v) is 4.31. The van der Waals surface area contributed by atoms with Crippen LogP contribution in [0.2, 0.25) is 0 Å². The highest BCUT2D eigenvalue weighted by Gasteiger charge is 2.22. The van der Waals surface area contributed by atoms with Gasteiger partial charge >= 0.3 is 0 Å². The summed E-state index contributed by atoms with van der Waals surface area (Å²) >= 11 is 1.26. The van der Waals surface area contributed by atoms with Gasteiger partial charge in [-0.15, -0.1) is 11.3 Å². The molecule has 0 saturated carbocycles. The van der Waals surface area contributed by atoms with Crippen LogP contribution in [0.5, 0.6) is 0 Å². The Morgan fingerprint density at radius 1 is 1.45 bits per heavy atom. The summed E-state index contributed by atoms with van der Waals surface area (Å²) in [6, 6.07) is 4.79. The molecule has 1 aromatic carbocycles. The number of nitrogens with two attached hydrogens (primary N) is 1. The molecule has 0 aliphatic rings. The van der Waals surface area contributed by atoms with Crippen molar-refractivity contribution in [2.45, 2.75) is 20.8 Å². The molecule has 2 aromatic rings. The van der Waals surface area contributed by atoms with Gasteiger partial charge in [0.25, 0.3) is 5.91 Å². The third kappa shape index (κ3) is 2.63. The van der Waals surface area contributed by atoms with Crippen molar-refractivity contribution in [2.24, 2.45) is 5.92 Å². The number of carbonyl (C=O) groups excluding carboxylic acids is 1. The van der Waals surface area contributed by atoms with Crippen LogP contribution in [0.4, 0.5) is 10.1 Å². The summed E-state index contributed by atoms with van der Waals surface area (Å²) in [5, 5.41) is 0.362. The maximum Gasteiger partial charge on any atom is 0.266 e. The van der Waals surface area contributed by atoms with Gasteiger partial charge in [0.15, 0.2) is 0 Å². The first-order chi connectivity index (χ1) is 9.45. The van der Waals surface area contributed by atoms with Crippen LogP contribution in [0.3, 0.4) is 0 Å². The molecule has 2 N–H and O–H groups in total. The molecule has 1 heterocycles. The summed E-state index contributed by atoms with van der Waals surface area (Å²) < 4.78 is 14.5. The van der Waals surface area contributed by atoms with Crippen LogP contribution in [-0.2, 0) is 0 Å². The zero-order valence-electron chi connectivity index (χ0n) is 11.9. The molecule has 1 aromatic heterocycles. The average molecular weight is 294 g/mol. The van der Waals surface area contributed by atoms with E-state index in [4.69, 9.17) is 5.73 Å². The van der Waals surface area contributed by atoms with Gasteiger partial charge in [0, 0.05) is 17.8 Å². The number of rotatable bonds is 4. The molecule has 108 valence electrons. The fourth-order valence-electron chi connectivity index (χ4n) is 2.23. The number of carbonyl (C=O) groups is 1. The molecule has 0 aliphatic carbocycles. The van der Waals surface area contributed by atoms with Gasteiger partial charge in [0.05, 0.1) is 11.1 Å². The van der Waals surface area contributed by atoms with Crippen molar-refractivity contribution in [2.75, 3.05) is 18.8 Å². The van der Waals surface area contributed by atoms with Gasteiger partial charge in [0.2, 0.25) is 0 Å². The second-order valence-electron chi connectivity index (χ2n) is 5.20.